The highest BCUT2D eigenvalue weighted by atomic mass is 19.4. The minimum atomic E-state index is -4.68. The van der Waals surface area contributed by atoms with Crippen molar-refractivity contribution in [3.63, 3.8) is 0 Å². The number of aliphatic carboxylic acids is 1. The number of methoxy groups -OCH3 is 1. The van der Waals surface area contributed by atoms with Gasteiger partial charge in [-0.2, -0.15) is 13.2 Å². The summed E-state index contributed by atoms with van der Waals surface area (Å²) in [5, 5.41) is 10.1. The highest BCUT2D eigenvalue weighted by Crippen LogP contribution is 2.48. The van der Waals surface area contributed by atoms with Crippen LogP contribution in [-0.2, 0) is 11.0 Å². The van der Waals surface area contributed by atoms with Crippen molar-refractivity contribution in [3.8, 4) is 16.9 Å². The van der Waals surface area contributed by atoms with E-state index in [-0.39, 0.29) is 28.5 Å². The molecule has 1 N–H and O–H groups in total. The first kappa shape index (κ1) is 27.9. The maximum absolute atomic E-state index is 15.2. The quantitative estimate of drug-likeness (QED) is 0.241. The van der Waals surface area contributed by atoms with E-state index in [2.05, 4.69) is 4.99 Å². The Labute approximate surface area is 234 Å². The van der Waals surface area contributed by atoms with Gasteiger partial charge in [0.2, 0.25) is 0 Å². The van der Waals surface area contributed by atoms with Crippen LogP contribution < -0.4 is 9.64 Å². The SMILES string of the molecule is COc1ccc(C(F)(F)F)cc1N1C(c2ccc(-c3cccc(C)c3)cc2)=Nc2c(F)cccc2C1C(C)C(=O)O. The van der Waals surface area contributed by atoms with Gasteiger partial charge >= 0.3 is 12.1 Å². The molecule has 4 aromatic carbocycles. The number of aryl methyl sites for hydroxylation is 1. The number of fused-ring (bicyclic) bond motifs is 1. The summed E-state index contributed by atoms with van der Waals surface area (Å²) in [6, 6.07) is 21.1. The summed E-state index contributed by atoms with van der Waals surface area (Å²) in [7, 11) is 1.31. The number of rotatable bonds is 6. The predicted molar refractivity (Wildman–Crippen MR) is 149 cm³/mol. The summed E-state index contributed by atoms with van der Waals surface area (Å²) in [5.41, 5.74) is 2.56. The standard InChI is InChI=1S/C32H26F4N2O3/c1-18-6-4-7-22(16-18)20-10-12-21(13-11-20)30-37-28-24(8-5-9-25(28)33)29(19(2)31(39)40)38(30)26-17-23(32(34,35)36)14-15-27(26)41-3/h4-17,19,29H,1-3H3,(H,39,40). The highest BCUT2D eigenvalue weighted by molar-refractivity contribution is 6.14. The van der Waals surface area contributed by atoms with Crippen molar-refractivity contribution in [3.05, 3.63) is 113 Å². The average Bonchev–Trinajstić information content (AvgIpc) is 2.95. The third kappa shape index (κ3) is 5.27. The zero-order valence-electron chi connectivity index (χ0n) is 22.4. The van der Waals surface area contributed by atoms with Crippen LogP contribution in [0.3, 0.4) is 0 Å². The van der Waals surface area contributed by atoms with E-state index in [1.165, 1.54) is 43.2 Å². The number of hydrogen-bond acceptors (Lipinski definition) is 4. The molecule has 1 heterocycles. The van der Waals surface area contributed by atoms with Crippen LogP contribution in [0, 0.1) is 18.7 Å². The molecule has 210 valence electrons. The van der Waals surface area contributed by atoms with Crippen LogP contribution in [0.2, 0.25) is 0 Å². The highest BCUT2D eigenvalue weighted by Gasteiger charge is 2.41. The van der Waals surface area contributed by atoms with Crippen LogP contribution in [0.5, 0.6) is 5.75 Å². The van der Waals surface area contributed by atoms with Gasteiger partial charge in [0.25, 0.3) is 0 Å². The maximum atomic E-state index is 15.2. The van der Waals surface area contributed by atoms with E-state index in [0.29, 0.717) is 5.56 Å². The van der Waals surface area contributed by atoms with E-state index in [1.807, 2.05) is 43.3 Å². The van der Waals surface area contributed by atoms with Crippen molar-refractivity contribution in [2.24, 2.45) is 10.9 Å². The van der Waals surface area contributed by atoms with Gasteiger partial charge in [-0.25, -0.2) is 9.38 Å². The van der Waals surface area contributed by atoms with E-state index < -0.39 is 35.5 Å². The summed E-state index contributed by atoms with van der Waals surface area (Å²) in [6.07, 6.45) is -4.68. The number of anilines is 1. The fraction of sp³-hybridized carbons (Fsp3) is 0.188. The lowest BCUT2D eigenvalue weighted by Gasteiger charge is -2.41. The summed E-state index contributed by atoms with van der Waals surface area (Å²) in [4.78, 5) is 18.4. The van der Waals surface area contributed by atoms with Gasteiger partial charge in [-0.15, -0.1) is 0 Å². The number of carboxylic acid groups (broad SMARTS) is 1. The number of aliphatic imine (C=N–C) groups is 1. The summed E-state index contributed by atoms with van der Waals surface area (Å²) in [5.74, 6) is -2.89. The average molecular weight is 563 g/mol. The number of benzene rings is 4. The van der Waals surface area contributed by atoms with Gasteiger partial charge in [0.15, 0.2) is 0 Å². The Morgan fingerprint density at radius 2 is 1.63 bits per heavy atom. The van der Waals surface area contributed by atoms with Crippen LogP contribution >= 0.6 is 0 Å². The van der Waals surface area contributed by atoms with Crippen molar-refractivity contribution in [1.29, 1.82) is 0 Å². The smallest absolute Gasteiger partial charge is 0.416 e. The number of amidine groups is 1. The van der Waals surface area contributed by atoms with E-state index in [9.17, 15) is 23.1 Å². The van der Waals surface area contributed by atoms with Gasteiger partial charge < -0.3 is 14.7 Å². The zero-order valence-corrected chi connectivity index (χ0v) is 22.4. The van der Waals surface area contributed by atoms with Gasteiger partial charge in [-0.3, -0.25) is 4.79 Å². The van der Waals surface area contributed by atoms with Crippen molar-refractivity contribution in [2.45, 2.75) is 26.1 Å². The molecule has 0 radical (unpaired) electrons. The van der Waals surface area contributed by atoms with Crippen molar-refractivity contribution in [1.82, 2.24) is 0 Å². The summed E-state index contributed by atoms with van der Waals surface area (Å²) >= 11 is 0. The molecule has 0 bridgehead atoms. The zero-order chi connectivity index (χ0) is 29.5. The van der Waals surface area contributed by atoms with Crippen LogP contribution in [0.1, 0.15) is 35.2 Å². The normalized spacial score (nSPS) is 15.6. The topological polar surface area (TPSA) is 62.1 Å². The largest absolute Gasteiger partial charge is 0.495 e. The number of nitrogens with zero attached hydrogens (tertiary/aromatic N) is 2. The predicted octanol–water partition coefficient (Wildman–Crippen LogP) is 8.19. The summed E-state index contributed by atoms with van der Waals surface area (Å²) in [6.45, 7) is 3.41. The molecule has 5 nitrogen and oxygen atoms in total. The second-order valence-corrected chi connectivity index (χ2v) is 9.89. The van der Waals surface area contributed by atoms with E-state index in [4.69, 9.17) is 4.74 Å². The second-order valence-electron chi connectivity index (χ2n) is 9.89. The molecule has 0 aliphatic carbocycles. The molecule has 0 amide bonds. The molecule has 1 aliphatic rings. The number of ether oxygens (including phenoxy) is 1. The number of carboxylic acids is 1. The molecule has 4 aromatic rings. The monoisotopic (exact) mass is 562 g/mol. The molecule has 0 spiro atoms. The number of halogens is 4. The van der Waals surface area contributed by atoms with Crippen LogP contribution in [0.15, 0.2) is 89.9 Å². The molecule has 0 fully saturated rings. The Balaban J connectivity index is 1.77. The summed E-state index contributed by atoms with van der Waals surface area (Å²) < 4.78 is 62.2. The van der Waals surface area contributed by atoms with E-state index in [0.717, 1.165) is 28.8 Å². The first-order valence-corrected chi connectivity index (χ1v) is 12.8. The minimum absolute atomic E-state index is 0.0446. The van der Waals surface area contributed by atoms with E-state index >= 15 is 4.39 Å². The van der Waals surface area contributed by atoms with Crippen molar-refractivity contribution < 1.29 is 32.2 Å². The van der Waals surface area contributed by atoms with Crippen LogP contribution in [0.4, 0.5) is 28.9 Å². The first-order valence-electron chi connectivity index (χ1n) is 12.8. The van der Waals surface area contributed by atoms with Crippen LogP contribution in [0.25, 0.3) is 11.1 Å². The molecule has 0 saturated heterocycles. The van der Waals surface area contributed by atoms with Gasteiger partial charge in [0, 0.05) is 11.1 Å². The van der Waals surface area contributed by atoms with Crippen molar-refractivity contribution >= 4 is 23.2 Å². The molecule has 1 aliphatic heterocycles. The third-order valence-electron chi connectivity index (χ3n) is 7.18. The lowest BCUT2D eigenvalue weighted by atomic mass is 9.88. The first-order chi connectivity index (χ1) is 19.5. The van der Waals surface area contributed by atoms with Gasteiger partial charge in [-0.05, 0) is 49.2 Å². The molecule has 0 aromatic heterocycles. The van der Waals surface area contributed by atoms with Crippen LogP contribution in [-0.4, -0.2) is 24.0 Å². The molecule has 9 heteroatoms. The fourth-order valence-corrected chi connectivity index (χ4v) is 5.11. The Hall–Kier alpha value is -4.66. The van der Waals surface area contributed by atoms with Gasteiger partial charge in [0.1, 0.15) is 23.1 Å². The number of carbonyl (C=O) groups is 1. The minimum Gasteiger partial charge on any atom is -0.495 e. The molecule has 41 heavy (non-hydrogen) atoms. The van der Waals surface area contributed by atoms with E-state index in [1.54, 1.807) is 12.1 Å². The lowest BCUT2D eigenvalue weighted by molar-refractivity contribution is -0.142. The van der Waals surface area contributed by atoms with Gasteiger partial charge in [-0.1, -0.05) is 66.2 Å². The number of alkyl halides is 3. The Bertz CT molecular complexity index is 1650. The molecule has 5 rings (SSSR count). The number of hydrogen-bond donors (Lipinski definition) is 1. The molecule has 2 atom stereocenters. The fourth-order valence-electron chi connectivity index (χ4n) is 5.11. The Morgan fingerprint density at radius 1 is 0.951 bits per heavy atom. The second kappa shape index (κ2) is 10.7. The lowest BCUT2D eigenvalue weighted by Crippen LogP contribution is -2.43. The molecule has 2 unspecified atom stereocenters. The van der Waals surface area contributed by atoms with Gasteiger partial charge in [0.05, 0.1) is 30.3 Å². The molecular weight excluding hydrogens is 536 g/mol. The van der Waals surface area contributed by atoms with Crippen molar-refractivity contribution in [2.75, 3.05) is 12.0 Å². The maximum Gasteiger partial charge on any atom is 0.416 e. The Kier molecular flexibility index (Phi) is 7.29. The molecule has 0 saturated carbocycles. The Morgan fingerprint density at radius 3 is 2.27 bits per heavy atom. The third-order valence-corrected chi connectivity index (χ3v) is 7.18. The number of para-hydroxylation sites is 1. The molecular formula is C32H26F4N2O3.